The highest BCUT2D eigenvalue weighted by atomic mass is 32.1. The summed E-state index contributed by atoms with van der Waals surface area (Å²) in [6.07, 6.45) is 6.28. The summed E-state index contributed by atoms with van der Waals surface area (Å²) >= 11 is 5.11. The molecule has 1 saturated heterocycles. The number of nitrogens with one attached hydrogen (secondary N) is 1. The fourth-order valence-corrected chi connectivity index (χ4v) is 3.23. The van der Waals surface area contributed by atoms with Crippen LogP contribution in [0.25, 0.3) is 0 Å². The van der Waals surface area contributed by atoms with Crippen LogP contribution in [0.1, 0.15) is 46.0 Å². The van der Waals surface area contributed by atoms with Crippen molar-refractivity contribution < 1.29 is 9.59 Å². The standard InChI is InChI=1S/C15H24N4O2S/c1-3-9(2)19-14(21)10(13(20)18-15(19)22)8-17-12-7-5-4-6-11(12)16/h8-12H,3-7,16H2,1-2H3,(H,18,20,22)/t9-,10+,11+,12+/m1/s1. The SMILES string of the molecule is CC[C@@H](C)N1C(=O)[C@@H](C=N[C@H]2CCCC[C@@H]2N)C(=O)NC1=S. The Morgan fingerprint density at radius 2 is 2.14 bits per heavy atom. The second-order valence-corrected chi connectivity index (χ2v) is 6.44. The van der Waals surface area contributed by atoms with Gasteiger partial charge in [-0.3, -0.25) is 19.5 Å². The van der Waals surface area contributed by atoms with Crippen LogP contribution >= 0.6 is 12.2 Å². The van der Waals surface area contributed by atoms with Crippen LogP contribution in [0.5, 0.6) is 0 Å². The van der Waals surface area contributed by atoms with Gasteiger partial charge in [0.25, 0.3) is 0 Å². The number of carbonyl (C=O) groups excluding carboxylic acids is 2. The van der Waals surface area contributed by atoms with E-state index in [1.54, 1.807) is 0 Å². The topological polar surface area (TPSA) is 87.8 Å². The summed E-state index contributed by atoms with van der Waals surface area (Å²) in [7, 11) is 0. The second kappa shape index (κ2) is 7.28. The third kappa shape index (κ3) is 3.52. The first-order valence-electron chi connectivity index (χ1n) is 7.92. The smallest absolute Gasteiger partial charge is 0.247 e. The van der Waals surface area contributed by atoms with E-state index < -0.39 is 11.8 Å². The van der Waals surface area contributed by atoms with Gasteiger partial charge in [0.2, 0.25) is 11.8 Å². The Balaban J connectivity index is 2.12. The van der Waals surface area contributed by atoms with Gasteiger partial charge < -0.3 is 11.1 Å². The van der Waals surface area contributed by atoms with Crippen molar-refractivity contribution in [3.8, 4) is 0 Å². The molecule has 2 amide bonds. The van der Waals surface area contributed by atoms with Crippen molar-refractivity contribution in [2.45, 2.75) is 64.1 Å². The maximum Gasteiger partial charge on any atom is 0.247 e. The highest BCUT2D eigenvalue weighted by Crippen LogP contribution is 2.20. The quantitative estimate of drug-likeness (QED) is 0.458. The fourth-order valence-electron chi connectivity index (χ4n) is 2.86. The zero-order valence-corrected chi connectivity index (χ0v) is 13.9. The van der Waals surface area contributed by atoms with E-state index in [2.05, 4.69) is 10.3 Å². The van der Waals surface area contributed by atoms with Crippen molar-refractivity contribution in [1.29, 1.82) is 0 Å². The highest BCUT2D eigenvalue weighted by Gasteiger charge is 2.39. The molecule has 4 atom stereocenters. The monoisotopic (exact) mass is 324 g/mol. The van der Waals surface area contributed by atoms with Gasteiger partial charge in [0.05, 0.1) is 6.04 Å². The first-order valence-corrected chi connectivity index (χ1v) is 8.33. The molecule has 3 N–H and O–H groups in total. The van der Waals surface area contributed by atoms with E-state index in [9.17, 15) is 9.59 Å². The average Bonchev–Trinajstić information content (AvgIpc) is 2.48. The minimum absolute atomic E-state index is 0.000256. The molecule has 1 heterocycles. The van der Waals surface area contributed by atoms with Crippen LogP contribution in [0, 0.1) is 5.92 Å². The van der Waals surface area contributed by atoms with Crippen molar-refractivity contribution in [3.05, 3.63) is 0 Å². The molecule has 1 aliphatic carbocycles. The number of carbonyl (C=O) groups is 2. The van der Waals surface area contributed by atoms with Crippen LogP contribution in [0.4, 0.5) is 0 Å². The minimum atomic E-state index is -0.908. The normalized spacial score (nSPS) is 31.5. The Hall–Kier alpha value is -1.34. The molecule has 7 heteroatoms. The molecule has 0 aromatic heterocycles. The number of rotatable bonds is 4. The van der Waals surface area contributed by atoms with Gasteiger partial charge >= 0.3 is 0 Å². The van der Waals surface area contributed by atoms with Gasteiger partial charge in [0.1, 0.15) is 0 Å². The highest BCUT2D eigenvalue weighted by molar-refractivity contribution is 7.80. The van der Waals surface area contributed by atoms with Gasteiger partial charge in [0.15, 0.2) is 11.0 Å². The van der Waals surface area contributed by atoms with Crippen molar-refractivity contribution in [2.75, 3.05) is 0 Å². The summed E-state index contributed by atoms with van der Waals surface area (Å²) in [5.41, 5.74) is 6.05. The van der Waals surface area contributed by atoms with Gasteiger partial charge in [-0.2, -0.15) is 0 Å². The zero-order valence-electron chi connectivity index (χ0n) is 13.1. The Kier molecular flexibility index (Phi) is 5.63. The Bertz CT molecular complexity index is 494. The number of nitrogens with two attached hydrogens (primary N) is 1. The molecule has 0 unspecified atom stereocenters. The van der Waals surface area contributed by atoms with Crippen LogP contribution in [0.2, 0.25) is 0 Å². The van der Waals surface area contributed by atoms with E-state index in [4.69, 9.17) is 18.0 Å². The molecule has 0 aromatic carbocycles. The molecule has 1 saturated carbocycles. The van der Waals surface area contributed by atoms with Gasteiger partial charge in [-0.05, 0) is 38.4 Å². The average molecular weight is 324 g/mol. The molecule has 22 heavy (non-hydrogen) atoms. The Morgan fingerprint density at radius 1 is 1.45 bits per heavy atom. The molecule has 2 rings (SSSR count). The van der Waals surface area contributed by atoms with E-state index in [0.29, 0.717) is 0 Å². The van der Waals surface area contributed by atoms with E-state index in [0.717, 1.165) is 32.1 Å². The van der Waals surface area contributed by atoms with Crippen LogP contribution in [0.3, 0.4) is 0 Å². The zero-order chi connectivity index (χ0) is 16.3. The summed E-state index contributed by atoms with van der Waals surface area (Å²) in [5.74, 6) is -1.60. The molecular formula is C15H24N4O2S. The number of hydrogen-bond acceptors (Lipinski definition) is 5. The number of aliphatic imine (C=N–C) groups is 1. The van der Waals surface area contributed by atoms with Crippen LogP contribution in [-0.2, 0) is 9.59 Å². The van der Waals surface area contributed by atoms with Crippen molar-refractivity contribution >= 4 is 35.4 Å². The van der Waals surface area contributed by atoms with Gasteiger partial charge in [-0.25, -0.2) is 0 Å². The summed E-state index contributed by atoms with van der Waals surface area (Å²) in [6.45, 7) is 3.88. The fraction of sp³-hybridized carbons (Fsp3) is 0.733. The summed E-state index contributed by atoms with van der Waals surface area (Å²) in [5, 5.41) is 2.78. The number of nitrogens with zero attached hydrogens (tertiary/aromatic N) is 2. The number of thiocarbonyl (C=S) groups is 1. The van der Waals surface area contributed by atoms with Crippen LogP contribution in [-0.4, -0.2) is 46.2 Å². The van der Waals surface area contributed by atoms with E-state index >= 15 is 0 Å². The van der Waals surface area contributed by atoms with Gasteiger partial charge in [-0.15, -0.1) is 0 Å². The number of hydrogen-bond donors (Lipinski definition) is 2. The molecule has 0 bridgehead atoms. The predicted octanol–water partition coefficient (Wildman–Crippen LogP) is 0.985. The van der Waals surface area contributed by atoms with Gasteiger partial charge in [-0.1, -0.05) is 19.8 Å². The van der Waals surface area contributed by atoms with Crippen LogP contribution in [0.15, 0.2) is 4.99 Å². The molecule has 2 fully saturated rings. The van der Waals surface area contributed by atoms with Crippen molar-refractivity contribution in [2.24, 2.45) is 16.6 Å². The first-order chi connectivity index (χ1) is 10.5. The molecule has 6 nitrogen and oxygen atoms in total. The summed E-state index contributed by atoms with van der Waals surface area (Å²) in [4.78, 5) is 30.5. The van der Waals surface area contributed by atoms with Crippen LogP contribution < -0.4 is 11.1 Å². The molecule has 2 aliphatic rings. The lowest BCUT2D eigenvalue weighted by atomic mass is 9.91. The Labute approximate surface area is 136 Å². The molecule has 122 valence electrons. The Morgan fingerprint density at radius 3 is 2.77 bits per heavy atom. The first kappa shape index (κ1) is 17.0. The van der Waals surface area contributed by atoms with E-state index in [1.165, 1.54) is 11.1 Å². The summed E-state index contributed by atoms with van der Waals surface area (Å²) < 4.78 is 0. The molecule has 0 spiro atoms. The lowest BCUT2D eigenvalue weighted by Gasteiger charge is -2.35. The molecular weight excluding hydrogens is 300 g/mol. The lowest BCUT2D eigenvalue weighted by Crippen LogP contribution is -2.60. The predicted molar refractivity (Wildman–Crippen MR) is 89.6 cm³/mol. The van der Waals surface area contributed by atoms with Crippen molar-refractivity contribution in [3.63, 3.8) is 0 Å². The summed E-state index contributed by atoms with van der Waals surface area (Å²) in [6, 6.07) is -0.0350. The maximum absolute atomic E-state index is 12.6. The molecule has 0 radical (unpaired) electrons. The van der Waals surface area contributed by atoms with Crippen molar-refractivity contribution in [1.82, 2.24) is 10.2 Å². The third-order valence-corrected chi connectivity index (χ3v) is 4.77. The largest absolute Gasteiger partial charge is 0.326 e. The molecule has 0 aromatic rings. The van der Waals surface area contributed by atoms with E-state index in [-0.39, 0.29) is 29.1 Å². The third-order valence-electron chi connectivity index (χ3n) is 4.47. The number of amides is 2. The minimum Gasteiger partial charge on any atom is -0.326 e. The van der Waals surface area contributed by atoms with E-state index in [1.807, 2.05) is 13.8 Å². The second-order valence-electron chi connectivity index (χ2n) is 6.05. The lowest BCUT2D eigenvalue weighted by molar-refractivity contribution is -0.139. The maximum atomic E-state index is 12.6. The molecule has 1 aliphatic heterocycles. The van der Waals surface area contributed by atoms with Gasteiger partial charge in [0, 0.05) is 18.3 Å².